The fourth-order valence-corrected chi connectivity index (χ4v) is 15.5. The Morgan fingerprint density at radius 2 is 1.69 bits per heavy atom. The molecule has 1 spiro atoms. The molecular formula is C47H67OP. The Hall–Kier alpha value is -1.85. The lowest BCUT2D eigenvalue weighted by atomic mass is 9.72. The van der Waals surface area contributed by atoms with Gasteiger partial charge in [-0.05, 0) is 124 Å². The molecular weight excluding hydrogens is 611 g/mol. The second kappa shape index (κ2) is 15.8. The SMILES string of the molecule is CCC1CC(CCCCCC2CCC3CC=CC4CC4(CCCC2C)C3)C2CCCC(C2)P(=O)(C2=C/C=C\C=C(/C)C=C2)c2ccccc21. The van der Waals surface area contributed by atoms with Crippen molar-refractivity contribution in [3.05, 3.63) is 89.3 Å². The zero-order valence-electron chi connectivity index (χ0n) is 31.3. The van der Waals surface area contributed by atoms with E-state index in [9.17, 15) is 0 Å². The molecule has 4 bridgehead atoms. The van der Waals surface area contributed by atoms with Crippen molar-refractivity contribution in [1.29, 1.82) is 0 Å². The predicted octanol–water partition coefficient (Wildman–Crippen LogP) is 13.8. The van der Waals surface area contributed by atoms with Crippen LogP contribution in [0, 0.1) is 40.9 Å². The summed E-state index contributed by atoms with van der Waals surface area (Å²) in [5.74, 6) is 5.67. The first-order valence-corrected chi connectivity index (χ1v) is 22.8. The lowest BCUT2D eigenvalue weighted by molar-refractivity contribution is 0.203. The maximum absolute atomic E-state index is 15.9. The van der Waals surface area contributed by atoms with E-state index in [2.05, 4.69) is 93.6 Å². The highest BCUT2D eigenvalue weighted by Crippen LogP contribution is 2.65. The van der Waals surface area contributed by atoms with Crippen molar-refractivity contribution in [3.63, 3.8) is 0 Å². The molecule has 1 aromatic rings. The van der Waals surface area contributed by atoms with Gasteiger partial charge in [-0.15, -0.1) is 0 Å². The highest BCUT2D eigenvalue weighted by Gasteiger charge is 2.53. The van der Waals surface area contributed by atoms with Gasteiger partial charge < -0.3 is 4.57 Å². The lowest BCUT2D eigenvalue weighted by Gasteiger charge is -2.38. The second-order valence-electron chi connectivity index (χ2n) is 17.9. The van der Waals surface area contributed by atoms with Crippen LogP contribution in [0.4, 0.5) is 0 Å². The third-order valence-corrected chi connectivity index (χ3v) is 18.5. The first-order chi connectivity index (χ1) is 23.9. The van der Waals surface area contributed by atoms with E-state index in [0.29, 0.717) is 17.3 Å². The van der Waals surface area contributed by atoms with Crippen LogP contribution in [0.15, 0.2) is 83.8 Å². The number of hydrogen-bond acceptors (Lipinski definition) is 1. The van der Waals surface area contributed by atoms with E-state index in [1.807, 2.05) is 0 Å². The van der Waals surface area contributed by atoms with E-state index in [0.717, 1.165) is 54.2 Å². The molecule has 7 rings (SSSR count). The predicted molar refractivity (Wildman–Crippen MR) is 212 cm³/mol. The molecule has 0 amide bonds. The molecule has 1 aromatic carbocycles. The van der Waals surface area contributed by atoms with Crippen molar-refractivity contribution in [2.24, 2.45) is 40.9 Å². The summed E-state index contributed by atoms with van der Waals surface area (Å²) < 4.78 is 15.9. The van der Waals surface area contributed by atoms with Crippen molar-refractivity contribution in [3.8, 4) is 0 Å². The van der Waals surface area contributed by atoms with Gasteiger partial charge in [-0.25, -0.2) is 0 Å². The summed E-state index contributed by atoms with van der Waals surface area (Å²) in [7, 11) is -2.81. The lowest BCUT2D eigenvalue weighted by Crippen LogP contribution is -2.28. The van der Waals surface area contributed by atoms with E-state index in [4.69, 9.17) is 0 Å². The maximum atomic E-state index is 15.9. The Bertz CT molecular complexity index is 1490. The average Bonchev–Trinajstić information content (AvgIpc) is 3.81. The molecule has 6 aliphatic rings. The van der Waals surface area contributed by atoms with Crippen LogP contribution in [0.5, 0.6) is 0 Å². The molecule has 1 heterocycles. The Labute approximate surface area is 300 Å². The van der Waals surface area contributed by atoms with Crippen LogP contribution in [-0.4, -0.2) is 5.66 Å². The third kappa shape index (κ3) is 7.84. The van der Waals surface area contributed by atoms with Gasteiger partial charge in [0.05, 0.1) is 0 Å². The standard InChI is InChI=1S/C47H67OP/c1-4-38-31-40(19-7-5-6-18-39-28-27-37-17-12-21-42-34-47(42,33-37)30-14-16-36(39)3)41-20-13-23-44(32-41)49(48,46-25-11-10-24-45(38)46)43-22-9-8-15-35(2)26-29-43/h8-12,15,21-22,24-26,29,36-42,44H,4-7,13-14,16-20,23,27-28,30-34H2,1-3H3/b9-8-,15-8?,22-9?,29-26?,35-15+,35-26?,43-22?,43-29?. The van der Waals surface area contributed by atoms with Gasteiger partial charge in [0.25, 0.3) is 0 Å². The molecule has 0 saturated heterocycles. The van der Waals surface area contributed by atoms with Crippen molar-refractivity contribution in [2.75, 3.05) is 0 Å². The smallest absolute Gasteiger partial charge is 0.146 e. The Morgan fingerprint density at radius 1 is 0.857 bits per heavy atom. The third-order valence-electron chi connectivity index (χ3n) is 14.8. The van der Waals surface area contributed by atoms with E-state index in [-0.39, 0.29) is 5.66 Å². The topological polar surface area (TPSA) is 17.1 Å². The summed E-state index contributed by atoms with van der Waals surface area (Å²) in [6, 6.07) is 8.99. The quantitative estimate of drug-likeness (QED) is 0.152. The number of unbranched alkanes of at least 4 members (excludes halogenated alkanes) is 2. The monoisotopic (exact) mass is 678 g/mol. The van der Waals surface area contributed by atoms with Gasteiger partial charge in [0, 0.05) is 16.3 Å². The summed E-state index contributed by atoms with van der Waals surface area (Å²) >= 11 is 0. The van der Waals surface area contributed by atoms with Gasteiger partial charge in [0.1, 0.15) is 7.14 Å². The zero-order chi connectivity index (χ0) is 33.8. The second-order valence-corrected chi connectivity index (χ2v) is 20.9. The molecule has 49 heavy (non-hydrogen) atoms. The molecule has 10 atom stereocenters. The molecule has 2 heteroatoms. The average molecular weight is 679 g/mol. The van der Waals surface area contributed by atoms with Gasteiger partial charge >= 0.3 is 0 Å². The van der Waals surface area contributed by atoms with Crippen molar-refractivity contribution >= 4 is 12.4 Å². The first kappa shape index (κ1) is 35.5. The zero-order valence-corrected chi connectivity index (χ0v) is 32.2. The summed E-state index contributed by atoms with van der Waals surface area (Å²) in [6.45, 7) is 7.13. The normalized spacial score (nSPS) is 40.7. The van der Waals surface area contributed by atoms with Gasteiger partial charge in [0.15, 0.2) is 0 Å². The van der Waals surface area contributed by atoms with Gasteiger partial charge in [-0.3, -0.25) is 0 Å². The molecule has 5 aliphatic carbocycles. The molecule has 1 aliphatic heterocycles. The van der Waals surface area contributed by atoms with Crippen LogP contribution in [0.3, 0.4) is 0 Å². The molecule has 0 N–H and O–H groups in total. The Morgan fingerprint density at radius 3 is 2.57 bits per heavy atom. The highest BCUT2D eigenvalue weighted by atomic mass is 31.2. The van der Waals surface area contributed by atoms with Crippen molar-refractivity contribution in [1.82, 2.24) is 0 Å². The summed E-state index contributed by atoms with van der Waals surface area (Å²) in [5.41, 5.74) is 3.60. The summed E-state index contributed by atoms with van der Waals surface area (Å²) in [6.07, 6.45) is 44.2. The molecule has 10 unspecified atom stereocenters. The van der Waals surface area contributed by atoms with Crippen molar-refractivity contribution < 1.29 is 4.57 Å². The Kier molecular flexibility index (Phi) is 11.5. The molecule has 266 valence electrons. The molecule has 1 nitrogen and oxygen atoms in total. The van der Waals surface area contributed by atoms with Crippen LogP contribution < -0.4 is 5.30 Å². The number of allylic oxidation sites excluding steroid dienone is 10. The van der Waals surface area contributed by atoms with Gasteiger partial charge in [-0.2, -0.15) is 0 Å². The minimum atomic E-state index is -2.81. The van der Waals surface area contributed by atoms with Gasteiger partial charge in [-0.1, -0.05) is 150 Å². The maximum Gasteiger partial charge on any atom is 0.146 e. The fourth-order valence-electron chi connectivity index (χ4n) is 11.7. The molecule has 3 saturated carbocycles. The van der Waals surface area contributed by atoms with Gasteiger partial charge in [0.2, 0.25) is 0 Å². The minimum Gasteiger partial charge on any atom is -0.313 e. The minimum absolute atomic E-state index is 0.261. The van der Waals surface area contributed by atoms with Crippen LogP contribution in [0.2, 0.25) is 0 Å². The fraction of sp³-hybridized carbons (Fsp3) is 0.660. The van der Waals surface area contributed by atoms with Crippen LogP contribution in [0.25, 0.3) is 0 Å². The summed E-state index contributed by atoms with van der Waals surface area (Å²) in [5, 5.41) is 2.26. The van der Waals surface area contributed by atoms with Crippen LogP contribution in [0.1, 0.15) is 154 Å². The van der Waals surface area contributed by atoms with E-state index < -0.39 is 7.14 Å². The number of hydrogen-bond donors (Lipinski definition) is 0. The molecule has 0 radical (unpaired) electrons. The summed E-state index contributed by atoms with van der Waals surface area (Å²) in [4.78, 5) is 0. The first-order valence-electron chi connectivity index (χ1n) is 21.0. The van der Waals surface area contributed by atoms with Crippen LogP contribution >= 0.6 is 7.14 Å². The number of fused-ring (bicyclic) bond motifs is 4. The van der Waals surface area contributed by atoms with Crippen LogP contribution in [-0.2, 0) is 4.57 Å². The van der Waals surface area contributed by atoms with E-state index in [1.165, 1.54) is 119 Å². The van der Waals surface area contributed by atoms with E-state index >= 15 is 4.57 Å². The largest absolute Gasteiger partial charge is 0.313 e. The highest BCUT2D eigenvalue weighted by molar-refractivity contribution is 7.76. The van der Waals surface area contributed by atoms with Crippen molar-refractivity contribution in [2.45, 2.75) is 154 Å². The Balaban J connectivity index is 1.02. The molecule has 3 fully saturated rings. The molecule has 0 aromatic heterocycles. The number of rotatable bonds is 8. The van der Waals surface area contributed by atoms with E-state index in [1.54, 1.807) is 0 Å². The number of benzene rings is 1.